The lowest BCUT2D eigenvalue weighted by Crippen LogP contribution is -2.25. The number of carbonyl (C=O) groups is 3. The molecule has 7 nitrogen and oxygen atoms in total. The van der Waals surface area contributed by atoms with Crippen LogP contribution in [-0.4, -0.2) is 30.1 Å². The molecule has 0 atom stereocenters. The van der Waals surface area contributed by atoms with E-state index in [-0.39, 0.29) is 30.3 Å². The summed E-state index contributed by atoms with van der Waals surface area (Å²) in [5.41, 5.74) is 2.18. The first-order valence-corrected chi connectivity index (χ1v) is 7.61. The van der Waals surface area contributed by atoms with Crippen molar-refractivity contribution in [2.45, 2.75) is 12.8 Å². The van der Waals surface area contributed by atoms with Crippen molar-refractivity contribution in [1.29, 1.82) is 0 Å². The van der Waals surface area contributed by atoms with Crippen LogP contribution in [0.15, 0.2) is 52.7 Å². The summed E-state index contributed by atoms with van der Waals surface area (Å²) in [6.07, 6.45) is 2.03. The van der Waals surface area contributed by atoms with Crippen LogP contribution in [-0.2, 0) is 16.0 Å². The van der Waals surface area contributed by atoms with Gasteiger partial charge in [-0.1, -0.05) is 6.07 Å². The Kier molecular flexibility index (Phi) is 6.53. The van der Waals surface area contributed by atoms with Crippen LogP contribution >= 0.6 is 0 Å². The van der Waals surface area contributed by atoms with Crippen molar-refractivity contribution < 1.29 is 19.5 Å². The molecule has 2 aromatic carbocycles. The second-order valence-corrected chi connectivity index (χ2v) is 5.20. The Labute approximate surface area is 144 Å². The molecule has 0 aliphatic carbocycles. The number of hydrogen-bond acceptors (Lipinski definition) is 6. The van der Waals surface area contributed by atoms with E-state index in [0.717, 1.165) is 11.8 Å². The van der Waals surface area contributed by atoms with Gasteiger partial charge in [-0.25, -0.2) is 0 Å². The minimum Gasteiger partial charge on any atom is -0.506 e. The molecule has 2 N–H and O–H groups in total. The third-order valence-electron chi connectivity index (χ3n) is 3.37. The Hall–Kier alpha value is -3.35. The highest BCUT2D eigenvalue weighted by Crippen LogP contribution is 2.29. The molecular formula is C18H17N3O4. The molecule has 7 heteroatoms. The van der Waals surface area contributed by atoms with Crippen LogP contribution in [0.1, 0.15) is 22.3 Å². The smallest absolute Gasteiger partial charge is 0.220 e. The van der Waals surface area contributed by atoms with Crippen LogP contribution in [0.3, 0.4) is 0 Å². The Bertz CT molecular complexity index is 785. The van der Waals surface area contributed by atoms with E-state index in [1.54, 1.807) is 36.4 Å². The first kappa shape index (κ1) is 18.0. The number of azo groups is 1. The Morgan fingerprint density at radius 2 is 1.84 bits per heavy atom. The predicted octanol–water partition coefficient (Wildman–Crippen LogP) is 2.87. The molecule has 2 rings (SSSR count). The van der Waals surface area contributed by atoms with Gasteiger partial charge < -0.3 is 15.2 Å². The lowest BCUT2D eigenvalue weighted by molar-refractivity contribution is -0.122. The summed E-state index contributed by atoms with van der Waals surface area (Å²) in [5, 5.41) is 20.4. The summed E-state index contributed by atoms with van der Waals surface area (Å²) in [6, 6.07) is 11.4. The summed E-state index contributed by atoms with van der Waals surface area (Å²) in [5.74, 6) is -0.249. The van der Waals surface area contributed by atoms with Crippen molar-refractivity contribution in [1.82, 2.24) is 5.32 Å². The van der Waals surface area contributed by atoms with Gasteiger partial charge in [0.25, 0.3) is 0 Å². The number of amides is 1. The monoisotopic (exact) mass is 339 g/mol. The maximum atomic E-state index is 11.5. The molecule has 0 saturated heterocycles. The summed E-state index contributed by atoms with van der Waals surface area (Å²) in [7, 11) is 0. The zero-order valence-electron chi connectivity index (χ0n) is 13.4. The summed E-state index contributed by atoms with van der Waals surface area (Å²) < 4.78 is 0. The predicted molar refractivity (Wildman–Crippen MR) is 91.5 cm³/mol. The Balaban J connectivity index is 2.04. The van der Waals surface area contributed by atoms with Gasteiger partial charge in [0.05, 0.1) is 12.2 Å². The molecule has 1 amide bonds. The van der Waals surface area contributed by atoms with Gasteiger partial charge in [0.2, 0.25) is 5.91 Å². The Morgan fingerprint density at radius 1 is 1.08 bits per heavy atom. The van der Waals surface area contributed by atoms with E-state index in [2.05, 4.69) is 15.5 Å². The van der Waals surface area contributed by atoms with E-state index in [1.807, 2.05) is 0 Å². The highest BCUT2D eigenvalue weighted by atomic mass is 16.3. The van der Waals surface area contributed by atoms with Crippen LogP contribution in [0.5, 0.6) is 5.75 Å². The summed E-state index contributed by atoms with van der Waals surface area (Å²) in [6.45, 7) is -0.00321. The van der Waals surface area contributed by atoms with Crippen LogP contribution in [0.25, 0.3) is 0 Å². The lowest BCUT2D eigenvalue weighted by atomic mass is 10.1. The standard InChI is InChI=1S/C18H17N3O4/c22-10-9-19-18(25)8-4-13-3-7-17(24)16(11-13)21-20-15-5-1-14(12-23)2-6-15/h1-3,5-7,10-12,24H,4,8-9H2,(H,19,25). The average molecular weight is 339 g/mol. The van der Waals surface area contributed by atoms with Crippen LogP contribution in [0, 0.1) is 0 Å². The minimum absolute atomic E-state index is 0.00321. The van der Waals surface area contributed by atoms with E-state index in [1.165, 1.54) is 6.07 Å². The van der Waals surface area contributed by atoms with Gasteiger partial charge in [0, 0.05) is 12.0 Å². The van der Waals surface area contributed by atoms with E-state index in [4.69, 9.17) is 0 Å². The minimum atomic E-state index is -0.224. The number of rotatable bonds is 8. The van der Waals surface area contributed by atoms with Gasteiger partial charge in [-0.3, -0.25) is 9.59 Å². The highest BCUT2D eigenvalue weighted by molar-refractivity contribution is 5.78. The molecule has 2 aromatic rings. The number of phenolic OH excluding ortho intramolecular Hbond substituents is 1. The third-order valence-corrected chi connectivity index (χ3v) is 3.37. The van der Waals surface area contributed by atoms with Gasteiger partial charge in [-0.2, -0.15) is 5.11 Å². The van der Waals surface area contributed by atoms with Crippen molar-refractivity contribution in [3.8, 4) is 5.75 Å². The summed E-state index contributed by atoms with van der Waals surface area (Å²) >= 11 is 0. The fourth-order valence-electron chi connectivity index (χ4n) is 2.04. The number of benzene rings is 2. The number of nitrogens with zero attached hydrogens (tertiary/aromatic N) is 2. The molecule has 0 spiro atoms. The maximum absolute atomic E-state index is 11.5. The third kappa shape index (κ3) is 5.65. The zero-order valence-corrected chi connectivity index (χ0v) is 13.4. The van der Waals surface area contributed by atoms with Gasteiger partial charge >= 0.3 is 0 Å². The first-order chi connectivity index (χ1) is 12.1. The Morgan fingerprint density at radius 3 is 2.52 bits per heavy atom. The van der Waals surface area contributed by atoms with Crippen LogP contribution in [0.2, 0.25) is 0 Å². The van der Waals surface area contributed by atoms with Gasteiger partial charge in [0.1, 0.15) is 24.0 Å². The molecular weight excluding hydrogens is 322 g/mol. The van der Waals surface area contributed by atoms with Crippen molar-refractivity contribution in [2.75, 3.05) is 6.54 Å². The van der Waals surface area contributed by atoms with Gasteiger partial charge in [-0.15, -0.1) is 5.11 Å². The van der Waals surface area contributed by atoms with E-state index < -0.39 is 0 Å². The maximum Gasteiger partial charge on any atom is 0.220 e. The normalized spacial score (nSPS) is 10.6. The van der Waals surface area contributed by atoms with Crippen molar-refractivity contribution in [3.63, 3.8) is 0 Å². The molecule has 0 fully saturated rings. The molecule has 0 unspecified atom stereocenters. The highest BCUT2D eigenvalue weighted by Gasteiger charge is 2.05. The van der Waals surface area contributed by atoms with E-state index in [9.17, 15) is 19.5 Å². The fraction of sp³-hybridized carbons (Fsp3) is 0.167. The SMILES string of the molecule is O=CCNC(=O)CCc1ccc(O)c(N=Nc2ccc(C=O)cc2)c1. The van der Waals surface area contributed by atoms with Crippen molar-refractivity contribution in [3.05, 3.63) is 53.6 Å². The quantitative estimate of drug-likeness (QED) is 0.569. The molecule has 25 heavy (non-hydrogen) atoms. The van der Waals surface area contributed by atoms with Crippen LogP contribution < -0.4 is 5.32 Å². The molecule has 0 aliphatic heterocycles. The van der Waals surface area contributed by atoms with Gasteiger partial charge in [0.15, 0.2) is 0 Å². The molecule has 128 valence electrons. The van der Waals surface area contributed by atoms with Crippen LogP contribution in [0.4, 0.5) is 11.4 Å². The number of carbonyl (C=O) groups excluding carboxylic acids is 3. The first-order valence-electron chi connectivity index (χ1n) is 7.61. The molecule has 0 radical (unpaired) electrons. The number of phenols is 1. The molecule has 0 aliphatic rings. The van der Waals surface area contributed by atoms with E-state index in [0.29, 0.717) is 24.0 Å². The van der Waals surface area contributed by atoms with E-state index >= 15 is 0 Å². The number of hydrogen-bond donors (Lipinski definition) is 2. The number of aldehydes is 2. The number of aryl methyl sites for hydroxylation is 1. The fourth-order valence-corrected chi connectivity index (χ4v) is 2.04. The average Bonchev–Trinajstić information content (AvgIpc) is 2.65. The molecule has 0 bridgehead atoms. The molecule has 0 saturated carbocycles. The number of aromatic hydroxyl groups is 1. The van der Waals surface area contributed by atoms with Crippen molar-refractivity contribution in [2.24, 2.45) is 10.2 Å². The zero-order chi connectivity index (χ0) is 18.1. The van der Waals surface area contributed by atoms with Crippen molar-refractivity contribution >= 4 is 29.9 Å². The number of nitrogens with one attached hydrogen (secondary N) is 1. The largest absolute Gasteiger partial charge is 0.506 e. The molecule has 0 heterocycles. The topological polar surface area (TPSA) is 108 Å². The second-order valence-electron chi connectivity index (χ2n) is 5.20. The second kappa shape index (κ2) is 9.07. The van der Waals surface area contributed by atoms with Gasteiger partial charge in [-0.05, 0) is 48.4 Å². The summed E-state index contributed by atoms with van der Waals surface area (Å²) in [4.78, 5) is 32.3. The molecule has 0 aromatic heterocycles. The lowest BCUT2D eigenvalue weighted by Gasteiger charge is -2.04.